The van der Waals surface area contributed by atoms with Gasteiger partial charge >= 0.3 is 6.18 Å². The SMILES string of the molecule is O=C(CCC(F)(F)F)Nc1ncc(Br)s1. The predicted octanol–water partition coefficient (Wildman–Crippen LogP) is 3.19. The van der Waals surface area contributed by atoms with Crippen LogP contribution >= 0.6 is 27.3 Å². The summed E-state index contributed by atoms with van der Waals surface area (Å²) in [6, 6.07) is 0. The number of thiazole rings is 1. The summed E-state index contributed by atoms with van der Waals surface area (Å²) in [7, 11) is 0. The molecule has 0 fully saturated rings. The van der Waals surface area contributed by atoms with Crippen molar-refractivity contribution in [3.05, 3.63) is 9.98 Å². The molecule has 1 N–H and O–H groups in total. The number of nitrogens with one attached hydrogen (secondary N) is 1. The molecule has 1 heterocycles. The molecule has 0 atom stereocenters. The lowest BCUT2D eigenvalue weighted by Crippen LogP contribution is -2.16. The number of hydrogen-bond donors (Lipinski definition) is 1. The summed E-state index contributed by atoms with van der Waals surface area (Å²) in [5.41, 5.74) is 0. The molecule has 84 valence electrons. The molecule has 3 nitrogen and oxygen atoms in total. The quantitative estimate of drug-likeness (QED) is 0.932. The van der Waals surface area contributed by atoms with Crippen molar-refractivity contribution in [1.29, 1.82) is 0 Å². The number of rotatable bonds is 3. The van der Waals surface area contributed by atoms with E-state index in [0.29, 0.717) is 3.79 Å². The summed E-state index contributed by atoms with van der Waals surface area (Å²) >= 11 is 4.26. The van der Waals surface area contributed by atoms with Gasteiger partial charge in [0.25, 0.3) is 0 Å². The molecular weight excluding hydrogens is 297 g/mol. The minimum atomic E-state index is -4.30. The highest BCUT2D eigenvalue weighted by molar-refractivity contribution is 9.11. The molecular formula is C7H6BrF3N2OS. The summed E-state index contributed by atoms with van der Waals surface area (Å²) in [6.07, 6.45) is -4.54. The molecule has 0 bridgehead atoms. The Labute approximate surface area is 95.8 Å². The molecule has 0 aliphatic rings. The monoisotopic (exact) mass is 302 g/mol. The Morgan fingerprint density at radius 2 is 2.27 bits per heavy atom. The lowest BCUT2D eigenvalue weighted by Gasteiger charge is -2.04. The summed E-state index contributed by atoms with van der Waals surface area (Å²) in [4.78, 5) is 14.8. The Hall–Kier alpha value is -0.630. The number of nitrogens with zero attached hydrogens (tertiary/aromatic N) is 1. The van der Waals surface area contributed by atoms with E-state index in [1.165, 1.54) is 6.20 Å². The van der Waals surface area contributed by atoms with Crippen LogP contribution in [0.5, 0.6) is 0 Å². The van der Waals surface area contributed by atoms with E-state index in [9.17, 15) is 18.0 Å². The maximum absolute atomic E-state index is 11.8. The minimum absolute atomic E-state index is 0.286. The van der Waals surface area contributed by atoms with Gasteiger partial charge in [0, 0.05) is 6.42 Å². The minimum Gasteiger partial charge on any atom is -0.302 e. The second kappa shape index (κ2) is 4.93. The van der Waals surface area contributed by atoms with Crippen molar-refractivity contribution >= 4 is 38.3 Å². The molecule has 0 spiro atoms. The molecule has 15 heavy (non-hydrogen) atoms. The van der Waals surface area contributed by atoms with Crippen molar-refractivity contribution in [2.75, 3.05) is 5.32 Å². The average molecular weight is 303 g/mol. The first-order valence-electron chi connectivity index (χ1n) is 3.85. The van der Waals surface area contributed by atoms with Gasteiger partial charge in [0.2, 0.25) is 5.91 Å². The Kier molecular flexibility index (Phi) is 4.09. The van der Waals surface area contributed by atoms with Gasteiger partial charge in [0.15, 0.2) is 5.13 Å². The second-order valence-electron chi connectivity index (χ2n) is 2.63. The van der Waals surface area contributed by atoms with Crippen LogP contribution < -0.4 is 5.32 Å². The Balaban J connectivity index is 2.37. The summed E-state index contributed by atoms with van der Waals surface area (Å²) in [5.74, 6) is -0.686. The summed E-state index contributed by atoms with van der Waals surface area (Å²) in [6.45, 7) is 0. The molecule has 0 saturated heterocycles. The third-order valence-corrected chi connectivity index (χ3v) is 2.75. The fourth-order valence-corrected chi connectivity index (χ4v) is 1.87. The van der Waals surface area contributed by atoms with Gasteiger partial charge in [-0.1, -0.05) is 11.3 Å². The maximum atomic E-state index is 11.8. The highest BCUT2D eigenvalue weighted by atomic mass is 79.9. The van der Waals surface area contributed by atoms with Gasteiger partial charge in [0.05, 0.1) is 16.4 Å². The largest absolute Gasteiger partial charge is 0.389 e. The van der Waals surface area contributed by atoms with Gasteiger partial charge in [-0.15, -0.1) is 0 Å². The molecule has 1 rings (SSSR count). The molecule has 0 radical (unpaired) electrons. The van der Waals surface area contributed by atoms with Crippen molar-refractivity contribution in [3.8, 4) is 0 Å². The number of aromatic nitrogens is 1. The zero-order valence-corrected chi connectivity index (χ0v) is 9.67. The van der Waals surface area contributed by atoms with Crippen LogP contribution in [0.1, 0.15) is 12.8 Å². The Morgan fingerprint density at radius 3 is 2.73 bits per heavy atom. The van der Waals surface area contributed by atoms with Gasteiger partial charge in [-0.2, -0.15) is 13.2 Å². The van der Waals surface area contributed by atoms with Crippen molar-refractivity contribution in [1.82, 2.24) is 4.98 Å². The third kappa shape index (κ3) is 5.12. The number of alkyl halides is 3. The number of carbonyl (C=O) groups excluding carboxylic acids is 1. The van der Waals surface area contributed by atoms with Gasteiger partial charge in [-0.3, -0.25) is 4.79 Å². The van der Waals surface area contributed by atoms with Gasteiger partial charge in [-0.25, -0.2) is 4.98 Å². The average Bonchev–Trinajstić information content (AvgIpc) is 2.47. The number of amides is 1. The number of hydrogen-bond acceptors (Lipinski definition) is 3. The van der Waals surface area contributed by atoms with Crippen LogP contribution in [-0.4, -0.2) is 17.1 Å². The lowest BCUT2D eigenvalue weighted by molar-refractivity contribution is -0.142. The fourth-order valence-electron chi connectivity index (χ4n) is 0.749. The van der Waals surface area contributed by atoms with E-state index >= 15 is 0 Å². The van der Waals surface area contributed by atoms with E-state index < -0.39 is 24.9 Å². The lowest BCUT2D eigenvalue weighted by atomic mass is 10.3. The van der Waals surface area contributed by atoms with Crippen molar-refractivity contribution < 1.29 is 18.0 Å². The van der Waals surface area contributed by atoms with Crippen molar-refractivity contribution in [2.45, 2.75) is 19.0 Å². The highest BCUT2D eigenvalue weighted by Crippen LogP contribution is 2.24. The smallest absolute Gasteiger partial charge is 0.302 e. The molecule has 8 heteroatoms. The third-order valence-electron chi connectivity index (χ3n) is 1.36. The molecule has 1 amide bonds. The predicted molar refractivity (Wildman–Crippen MR) is 53.7 cm³/mol. The zero-order valence-electron chi connectivity index (χ0n) is 7.27. The molecule has 0 saturated carbocycles. The molecule has 0 aromatic carbocycles. The van der Waals surface area contributed by atoms with Crippen molar-refractivity contribution in [2.24, 2.45) is 0 Å². The van der Waals surface area contributed by atoms with E-state index in [0.717, 1.165) is 11.3 Å². The van der Waals surface area contributed by atoms with Gasteiger partial charge < -0.3 is 5.32 Å². The molecule has 0 unspecified atom stereocenters. The first kappa shape index (κ1) is 12.4. The van der Waals surface area contributed by atoms with Gasteiger partial charge in [-0.05, 0) is 15.9 Å². The molecule has 0 aliphatic heterocycles. The van der Waals surface area contributed by atoms with E-state index in [1.807, 2.05) is 0 Å². The summed E-state index contributed by atoms with van der Waals surface area (Å²) < 4.78 is 36.0. The maximum Gasteiger partial charge on any atom is 0.389 e. The van der Waals surface area contributed by atoms with E-state index in [4.69, 9.17) is 0 Å². The number of carbonyl (C=O) groups is 1. The first-order valence-corrected chi connectivity index (χ1v) is 5.46. The van der Waals surface area contributed by atoms with Crippen LogP contribution in [0.3, 0.4) is 0 Å². The first-order chi connectivity index (χ1) is 6.87. The van der Waals surface area contributed by atoms with Crippen LogP contribution in [0.2, 0.25) is 0 Å². The Morgan fingerprint density at radius 1 is 1.60 bits per heavy atom. The summed E-state index contributed by atoms with van der Waals surface area (Å²) in [5, 5.41) is 2.56. The molecule has 1 aromatic rings. The van der Waals surface area contributed by atoms with E-state index in [-0.39, 0.29) is 5.13 Å². The van der Waals surface area contributed by atoms with Crippen LogP contribution in [0.4, 0.5) is 18.3 Å². The standard InChI is InChI=1S/C7H6BrF3N2OS/c8-4-3-12-6(15-4)13-5(14)1-2-7(9,10)11/h3H,1-2H2,(H,12,13,14). The van der Waals surface area contributed by atoms with Crippen LogP contribution in [0.25, 0.3) is 0 Å². The second-order valence-corrected chi connectivity index (χ2v) is 5.04. The topological polar surface area (TPSA) is 42.0 Å². The highest BCUT2D eigenvalue weighted by Gasteiger charge is 2.27. The molecule has 1 aromatic heterocycles. The van der Waals surface area contributed by atoms with Crippen LogP contribution in [-0.2, 0) is 4.79 Å². The normalized spacial score (nSPS) is 11.5. The van der Waals surface area contributed by atoms with Crippen LogP contribution in [0, 0.1) is 0 Å². The van der Waals surface area contributed by atoms with Crippen LogP contribution in [0.15, 0.2) is 9.98 Å². The van der Waals surface area contributed by atoms with Gasteiger partial charge in [0.1, 0.15) is 0 Å². The van der Waals surface area contributed by atoms with E-state index in [1.54, 1.807) is 0 Å². The van der Waals surface area contributed by atoms with Crippen molar-refractivity contribution in [3.63, 3.8) is 0 Å². The number of halogens is 4. The molecule has 0 aliphatic carbocycles. The fraction of sp³-hybridized carbons (Fsp3) is 0.429. The Bertz CT molecular complexity index is 352. The number of anilines is 1. The zero-order chi connectivity index (χ0) is 11.5. The van der Waals surface area contributed by atoms with E-state index in [2.05, 4.69) is 26.2 Å².